The van der Waals surface area contributed by atoms with Gasteiger partial charge in [0.05, 0.1) is 0 Å². The smallest absolute Gasteiger partial charge is 0.140 e. The lowest BCUT2D eigenvalue weighted by Gasteiger charge is -2.13. The maximum absolute atomic E-state index is 10.9. The van der Waals surface area contributed by atoms with Gasteiger partial charge in [0.25, 0.3) is 0 Å². The second kappa shape index (κ2) is 14.8. The maximum Gasteiger partial charge on any atom is 0.140 e. The Balaban J connectivity index is 0.000000402. The Morgan fingerprint density at radius 1 is 1.18 bits per heavy atom. The molecule has 39 heavy (non-hydrogen) atoms. The summed E-state index contributed by atoms with van der Waals surface area (Å²) in [4.78, 5) is 17.8. The third-order valence-electron chi connectivity index (χ3n) is 7.37. The number of carbonyl (C=O) groups excluding carboxylic acids is 1. The molecule has 0 amide bonds. The summed E-state index contributed by atoms with van der Waals surface area (Å²) in [5.74, 6) is 1.14. The number of aliphatic hydroxyl groups excluding tert-OH is 1. The maximum atomic E-state index is 10.9. The number of ketones is 1. The predicted molar refractivity (Wildman–Crippen MR) is 167 cm³/mol. The highest BCUT2D eigenvalue weighted by Gasteiger charge is 2.19. The van der Waals surface area contributed by atoms with Crippen molar-refractivity contribution in [2.24, 2.45) is 13.0 Å². The van der Waals surface area contributed by atoms with Crippen molar-refractivity contribution in [3.63, 3.8) is 0 Å². The number of rotatable bonds is 4. The summed E-state index contributed by atoms with van der Waals surface area (Å²) >= 11 is 0. The van der Waals surface area contributed by atoms with Crippen LogP contribution in [0.5, 0.6) is 0 Å². The monoisotopic (exact) mass is 535 g/mol. The van der Waals surface area contributed by atoms with Crippen LogP contribution >= 0.6 is 0 Å². The molecule has 2 aromatic heterocycles. The summed E-state index contributed by atoms with van der Waals surface area (Å²) in [6.45, 7) is 13.2. The standard InChI is InChI=1S/C20H21N3.C11H18O.C2H6O.H2O.H2/c1-13(2)16-7-9-21-20-19(16)17(12-23(20)4)15-6-5-14-8-10-22(3)18(14)11-15;1-9-4-3-5-11(7-6-9)8-10(2)12;1-2-3;;/h5-7,9,11-12H,1,8,10H2,2-4H3;5,9H,3-4,6-8H2,1-2H3;3H,2H2,1H3;1H2;1H. The number of aliphatic hydroxyl groups is 1. The normalized spacial score (nSPS) is 16.0. The molecule has 0 radical (unpaired) electrons. The summed E-state index contributed by atoms with van der Waals surface area (Å²) in [6.07, 6.45) is 13.0. The van der Waals surface area contributed by atoms with Gasteiger partial charge < -0.3 is 20.0 Å². The van der Waals surface area contributed by atoms with E-state index in [9.17, 15) is 4.79 Å². The number of likely N-dealkylation sites (N-methyl/N-ethyl adjacent to an activating group) is 1. The van der Waals surface area contributed by atoms with Crippen LogP contribution in [0.1, 0.15) is 72.4 Å². The van der Waals surface area contributed by atoms with Crippen LogP contribution in [0.25, 0.3) is 27.7 Å². The van der Waals surface area contributed by atoms with E-state index in [1.807, 2.05) is 6.20 Å². The molecule has 1 aromatic carbocycles. The molecule has 3 heterocycles. The summed E-state index contributed by atoms with van der Waals surface area (Å²) in [5.41, 5.74) is 9.90. The first-order valence-corrected chi connectivity index (χ1v) is 13.9. The first kappa shape index (κ1) is 32.0. The topological polar surface area (TPSA) is 89.9 Å². The lowest BCUT2D eigenvalue weighted by atomic mass is 9.98. The largest absolute Gasteiger partial charge is 0.412 e. The second-order valence-corrected chi connectivity index (χ2v) is 10.8. The van der Waals surface area contributed by atoms with Gasteiger partial charge in [0, 0.05) is 64.1 Å². The molecule has 1 unspecified atom stereocenters. The second-order valence-electron chi connectivity index (χ2n) is 10.8. The van der Waals surface area contributed by atoms with Gasteiger partial charge in [-0.2, -0.15) is 0 Å². The van der Waals surface area contributed by atoms with Gasteiger partial charge in [-0.15, -0.1) is 0 Å². The van der Waals surface area contributed by atoms with Crippen LogP contribution in [0.15, 0.2) is 54.9 Å². The summed E-state index contributed by atoms with van der Waals surface area (Å²) in [7, 11) is 4.22. The van der Waals surface area contributed by atoms with Crippen molar-refractivity contribution < 1.29 is 16.8 Å². The van der Waals surface area contributed by atoms with Crippen LogP contribution in [-0.2, 0) is 18.3 Å². The molecule has 0 bridgehead atoms. The Morgan fingerprint density at radius 2 is 1.90 bits per heavy atom. The van der Waals surface area contributed by atoms with E-state index in [-0.39, 0.29) is 13.5 Å². The Labute approximate surface area is 235 Å². The molecule has 1 aliphatic heterocycles. The number of pyridine rings is 1. The Bertz CT molecular complexity index is 1310. The van der Waals surface area contributed by atoms with Crippen molar-refractivity contribution in [3.8, 4) is 11.1 Å². The van der Waals surface area contributed by atoms with E-state index >= 15 is 0 Å². The lowest BCUT2D eigenvalue weighted by molar-refractivity contribution is -0.116. The van der Waals surface area contributed by atoms with E-state index in [0.717, 1.165) is 36.5 Å². The Hall–Kier alpha value is -3.22. The van der Waals surface area contributed by atoms with Crippen molar-refractivity contribution in [2.75, 3.05) is 25.1 Å². The van der Waals surface area contributed by atoms with E-state index in [0.29, 0.717) is 12.2 Å². The minimum absolute atomic E-state index is 0. The molecule has 214 valence electrons. The highest BCUT2D eigenvalue weighted by Crippen LogP contribution is 2.37. The molecule has 0 fully saturated rings. The molecule has 6 nitrogen and oxygen atoms in total. The number of benzene rings is 1. The van der Waals surface area contributed by atoms with Crippen molar-refractivity contribution in [3.05, 3.63) is 66.0 Å². The zero-order chi connectivity index (χ0) is 27.8. The average molecular weight is 536 g/mol. The first-order chi connectivity index (χ1) is 18.2. The molecule has 6 heteroatoms. The number of aryl methyl sites for hydroxylation is 1. The molecule has 0 saturated heterocycles. The summed E-state index contributed by atoms with van der Waals surface area (Å²) in [5, 5.41) is 8.77. The number of anilines is 1. The molecular weight excluding hydrogens is 486 g/mol. The van der Waals surface area contributed by atoms with Crippen LogP contribution in [0, 0.1) is 5.92 Å². The zero-order valence-electron chi connectivity index (χ0n) is 24.7. The number of hydrogen-bond acceptors (Lipinski definition) is 4. The van der Waals surface area contributed by atoms with Crippen LogP contribution in [0.4, 0.5) is 5.69 Å². The van der Waals surface area contributed by atoms with E-state index in [4.69, 9.17) is 5.11 Å². The van der Waals surface area contributed by atoms with Crippen molar-refractivity contribution in [1.82, 2.24) is 9.55 Å². The van der Waals surface area contributed by atoms with Gasteiger partial charge in [-0.3, -0.25) is 4.79 Å². The summed E-state index contributed by atoms with van der Waals surface area (Å²) < 4.78 is 2.11. The Morgan fingerprint density at radius 3 is 2.56 bits per heavy atom. The molecule has 3 aromatic rings. The van der Waals surface area contributed by atoms with Gasteiger partial charge in [0.15, 0.2) is 0 Å². The molecule has 0 saturated carbocycles. The van der Waals surface area contributed by atoms with Gasteiger partial charge in [0.1, 0.15) is 11.4 Å². The van der Waals surface area contributed by atoms with Crippen molar-refractivity contribution in [1.29, 1.82) is 0 Å². The third kappa shape index (κ3) is 8.13. The van der Waals surface area contributed by atoms with Crippen molar-refractivity contribution in [2.45, 2.75) is 66.2 Å². The fourth-order valence-corrected chi connectivity index (χ4v) is 5.31. The third-order valence-corrected chi connectivity index (χ3v) is 7.37. The molecular formula is C33H49N3O3. The lowest BCUT2D eigenvalue weighted by Crippen LogP contribution is -2.12. The quantitative estimate of drug-likeness (QED) is 0.373. The number of hydrogen-bond donors (Lipinski definition) is 1. The molecule has 2 aliphatic rings. The molecule has 3 N–H and O–H groups in total. The van der Waals surface area contributed by atoms with E-state index in [2.05, 4.69) is 85.5 Å². The number of allylic oxidation sites excluding steroid dienone is 3. The number of nitrogens with zero attached hydrogens (tertiary/aromatic N) is 3. The van der Waals surface area contributed by atoms with Gasteiger partial charge in [0.2, 0.25) is 0 Å². The van der Waals surface area contributed by atoms with E-state index in [1.165, 1.54) is 58.2 Å². The van der Waals surface area contributed by atoms with E-state index in [1.54, 1.807) is 13.8 Å². The van der Waals surface area contributed by atoms with E-state index < -0.39 is 0 Å². The molecule has 1 aliphatic carbocycles. The Kier molecular flexibility index (Phi) is 12.1. The van der Waals surface area contributed by atoms with Gasteiger partial charge in [-0.05, 0) is 87.6 Å². The fourth-order valence-electron chi connectivity index (χ4n) is 5.31. The molecule has 0 spiro atoms. The highest BCUT2D eigenvalue weighted by molar-refractivity contribution is 6.01. The van der Waals surface area contributed by atoms with Crippen LogP contribution < -0.4 is 4.90 Å². The van der Waals surface area contributed by atoms with Gasteiger partial charge in [-0.1, -0.05) is 42.9 Å². The minimum atomic E-state index is 0. The zero-order valence-corrected chi connectivity index (χ0v) is 24.7. The SMILES string of the molecule is C=C(C)c1ccnc2c1c(-c1ccc3c(c1)N(C)CC3)cn2C.CC(=O)CC1=CCCC(C)CC1.CCO.O.[HH]. The first-order valence-electron chi connectivity index (χ1n) is 13.9. The van der Waals surface area contributed by atoms with Gasteiger partial charge in [-0.25, -0.2) is 4.98 Å². The highest BCUT2D eigenvalue weighted by atomic mass is 16.2. The fraction of sp³-hybridized carbons (Fsp3) is 0.455. The number of aromatic nitrogens is 2. The summed E-state index contributed by atoms with van der Waals surface area (Å²) in [6, 6.07) is 8.88. The molecule has 1 atom stereocenters. The van der Waals surface area contributed by atoms with Crippen LogP contribution in [0.2, 0.25) is 0 Å². The molecule has 5 rings (SSSR count). The van der Waals surface area contributed by atoms with Crippen LogP contribution in [-0.4, -0.2) is 46.1 Å². The average Bonchev–Trinajstić information content (AvgIpc) is 3.34. The number of Topliss-reactive ketones (excluding diaryl/α,β-unsaturated/α-hetero) is 1. The number of fused-ring (bicyclic) bond motifs is 2. The van der Waals surface area contributed by atoms with Gasteiger partial charge >= 0.3 is 0 Å². The number of carbonyl (C=O) groups is 1. The van der Waals surface area contributed by atoms with Crippen LogP contribution in [0.3, 0.4) is 0 Å². The predicted octanol–water partition coefficient (Wildman–Crippen LogP) is 6.79. The minimum Gasteiger partial charge on any atom is -0.412 e. The van der Waals surface area contributed by atoms with Crippen molar-refractivity contribution >= 4 is 28.1 Å².